The van der Waals surface area contributed by atoms with Gasteiger partial charge in [-0.3, -0.25) is 4.79 Å². The lowest BCUT2D eigenvalue weighted by molar-refractivity contribution is 0.0829. The minimum absolute atomic E-state index is 0.0720. The van der Waals surface area contributed by atoms with E-state index in [4.69, 9.17) is 5.84 Å². The molecule has 0 spiro atoms. The Kier molecular flexibility index (Phi) is 2.93. The van der Waals surface area contributed by atoms with Crippen molar-refractivity contribution in [2.24, 2.45) is 5.84 Å². The van der Waals surface area contributed by atoms with Gasteiger partial charge in [0.2, 0.25) is 0 Å². The quantitative estimate of drug-likeness (QED) is 0.601. The highest BCUT2D eigenvalue weighted by Gasteiger charge is 2.14. The van der Waals surface area contributed by atoms with Crippen molar-refractivity contribution in [2.45, 2.75) is 0 Å². The van der Waals surface area contributed by atoms with E-state index >= 15 is 0 Å². The van der Waals surface area contributed by atoms with E-state index in [1.54, 1.807) is 20.3 Å². The Hall–Kier alpha value is -2.14. The van der Waals surface area contributed by atoms with Crippen molar-refractivity contribution in [3.05, 3.63) is 36.0 Å². The lowest BCUT2D eigenvalue weighted by Gasteiger charge is -2.13. The maximum absolute atomic E-state index is 12.0. The van der Waals surface area contributed by atoms with Gasteiger partial charge in [-0.15, -0.1) is 0 Å². The fourth-order valence-corrected chi connectivity index (χ4v) is 1.72. The summed E-state index contributed by atoms with van der Waals surface area (Å²) in [6.45, 7) is 0. The Morgan fingerprint density at radius 3 is 2.53 bits per heavy atom. The first kappa shape index (κ1) is 11.3. The molecule has 0 radical (unpaired) electrons. The molecule has 0 aliphatic heterocycles. The Morgan fingerprint density at radius 1 is 1.29 bits per heavy atom. The van der Waals surface area contributed by atoms with E-state index in [0.29, 0.717) is 11.4 Å². The number of benzene rings is 1. The van der Waals surface area contributed by atoms with Gasteiger partial charge in [0.15, 0.2) is 0 Å². The number of hydrogen-bond acceptors (Lipinski definition) is 4. The maximum Gasteiger partial charge on any atom is 0.255 e. The number of nitrogen functional groups attached to an aromatic ring is 1. The summed E-state index contributed by atoms with van der Waals surface area (Å²) >= 11 is 0. The van der Waals surface area contributed by atoms with Crippen LogP contribution < -0.4 is 11.3 Å². The Labute approximate surface area is 99.2 Å². The van der Waals surface area contributed by atoms with Crippen molar-refractivity contribution < 1.29 is 4.79 Å². The predicted octanol–water partition coefficient (Wildman–Crippen LogP) is 1.22. The molecule has 88 valence electrons. The summed E-state index contributed by atoms with van der Waals surface area (Å²) in [7, 11) is 3.43. The largest absolute Gasteiger partial charge is 0.345 e. The smallest absolute Gasteiger partial charge is 0.255 e. The summed E-state index contributed by atoms with van der Waals surface area (Å²) in [4.78, 5) is 17.7. The van der Waals surface area contributed by atoms with Gasteiger partial charge in [0.05, 0.1) is 5.56 Å². The number of pyridine rings is 1. The molecule has 1 aromatic carbocycles. The van der Waals surface area contributed by atoms with Gasteiger partial charge in [-0.1, -0.05) is 24.3 Å². The molecule has 1 amide bonds. The van der Waals surface area contributed by atoms with Gasteiger partial charge in [-0.05, 0) is 5.39 Å². The van der Waals surface area contributed by atoms with Crippen molar-refractivity contribution in [3.8, 4) is 0 Å². The summed E-state index contributed by atoms with van der Waals surface area (Å²) in [5, 5.41) is 1.68. The fraction of sp³-hybridized carbons (Fsp3) is 0.167. The van der Waals surface area contributed by atoms with Crippen LogP contribution >= 0.6 is 0 Å². The number of fused-ring (bicyclic) bond motifs is 1. The van der Waals surface area contributed by atoms with Crippen LogP contribution in [-0.2, 0) is 0 Å². The molecule has 0 unspecified atom stereocenters. The number of carbonyl (C=O) groups is 1. The minimum Gasteiger partial charge on any atom is -0.345 e. The van der Waals surface area contributed by atoms with E-state index in [0.717, 1.165) is 10.8 Å². The number of nitrogens with two attached hydrogens (primary N) is 1. The molecule has 1 aromatic heterocycles. The number of aromatic nitrogens is 1. The van der Waals surface area contributed by atoms with Crippen LogP contribution in [-0.4, -0.2) is 29.9 Å². The van der Waals surface area contributed by atoms with E-state index < -0.39 is 0 Å². The van der Waals surface area contributed by atoms with Gasteiger partial charge in [-0.25, -0.2) is 10.8 Å². The molecule has 17 heavy (non-hydrogen) atoms. The third-order valence-electron chi connectivity index (χ3n) is 2.57. The van der Waals surface area contributed by atoms with Gasteiger partial charge in [0, 0.05) is 25.7 Å². The van der Waals surface area contributed by atoms with Crippen LogP contribution in [0.3, 0.4) is 0 Å². The number of hydrazine groups is 1. The van der Waals surface area contributed by atoms with Crippen LogP contribution in [0, 0.1) is 0 Å². The Balaban J connectivity index is 2.71. The first-order valence-corrected chi connectivity index (χ1v) is 5.21. The number of nitrogens with zero attached hydrogens (tertiary/aromatic N) is 2. The highest BCUT2D eigenvalue weighted by molar-refractivity contribution is 6.09. The molecule has 2 rings (SSSR count). The average Bonchev–Trinajstić information content (AvgIpc) is 2.36. The van der Waals surface area contributed by atoms with Crippen molar-refractivity contribution in [2.75, 3.05) is 19.5 Å². The second-order valence-corrected chi connectivity index (χ2v) is 3.91. The summed E-state index contributed by atoms with van der Waals surface area (Å²) in [6, 6.07) is 7.53. The first-order chi connectivity index (χ1) is 8.15. The monoisotopic (exact) mass is 230 g/mol. The van der Waals surface area contributed by atoms with E-state index in [1.165, 1.54) is 4.90 Å². The molecular formula is C12H14N4O. The second kappa shape index (κ2) is 4.39. The molecule has 0 aliphatic rings. The number of rotatable bonds is 2. The number of anilines is 1. The van der Waals surface area contributed by atoms with Crippen molar-refractivity contribution in [1.82, 2.24) is 9.88 Å². The lowest BCUT2D eigenvalue weighted by atomic mass is 10.1. The lowest BCUT2D eigenvalue weighted by Crippen LogP contribution is -2.22. The third-order valence-corrected chi connectivity index (χ3v) is 2.57. The first-order valence-electron chi connectivity index (χ1n) is 5.21. The third kappa shape index (κ3) is 1.92. The fourth-order valence-electron chi connectivity index (χ4n) is 1.72. The van der Waals surface area contributed by atoms with Gasteiger partial charge in [0.25, 0.3) is 5.91 Å². The summed E-state index contributed by atoms with van der Waals surface area (Å²) < 4.78 is 0. The van der Waals surface area contributed by atoms with Crippen molar-refractivity contribution in [1.29, 1.82) is 0 Å². The molecule has 5 heteroatoms. The van der Waals surface area contributed by atoms with Crippen LogP contribution in [0.5, 0.6) is 0 Å². The zero-order valence-corrected chi connectivity index (χ0v) is 9.77. The SMILES string of the molecule is CN(C)C(=O)c1cnc(NN)c2ccccc12. The molecule has 1 heterocycles. The topological polar surface area (TPSA) is 71.2 Å². The van der Waals surface area contributed by atoms with Gasteiger partial charge in [-0.2, -0.15) is 0 Å². The number of hydrogen-bond donors (Lipinski definition) is 2. The maximum atomic E-state index is 12.0. The molecular weight excluding hydrogens is 216 g/mol. The second-order valence-electron chi connectivity index (χ2n) is 3.91. The van der Waals surface area contributed by atoms with Crippen LogP contribution in [0.1, 0.15) is 10.4 Å². The average molecular weight is 230 g/mol. The molecule has 3 N–H and O–H groups in total. The number of amides is 1. The van der Waals surface area contributed by atoms with Crippen LogP contribution in [0.4, 0.5) is 5.82 Å². The molecule has 0 bridgehead atoms. The zero-order chi connectivity index (χ0) is 12.4. The summed E-state index contributed by atoms with van der Waals surface area (Å²) in [6.07, 6.45) is 1.54. The van der Waals surface area contributed by atoms with Crippen molar-refractivity contribution in [3.63, 3.8) is 0 Å². The van der Waals surface area contributed by atoms with E-state index in [9.17, 15) is 4.79 Å². The molecule has 0 fully saturated rings. The molecule has 0 saturated heterocycles. The zero-order valence-electron chi connectivity index (χ0n) is 9.77. The molecule has 0 saturated carbocycles. The van der Waals surface area contributed by atoms with Gasteiger partial charge >= 0.3 is 0 Å². The molecule has 0 atom stereocenters. The summed E-state index contributed by atoms with van der Waals surface area (Å²) in [5.41, 5.74) is 3.10. The predicted molar refractivity (Wildman–Crippen MR) is 67.6 cm³/mol. The number of nitrogens with one attached hydrogen (secondary N) is 1. The summed E-state index contributed by atoms with van der Waals surface area (Å²) in [5.74, 6) is 5.89. The molecule has 0 aliphatic carbocycles. The highest BCUT2D eigenvalue weighted by atomic mass is 16.2. The molecule has 5 nitrogen and oxygen atoms in total. The van der Waals surface area contributed by atoms with Crippen LogP contribution in [0.2, 0.25) is 0 Å². The van der Waals surface area contributed by atoms with Crippen molar-refractivity contribution >= 4 is 22.5 Å². The van der Waals surface area contributed by atoms with Crippen LogP contribution in [0.25, 0.3) is 10.8 Å². The van der Waals surface area contributed by atoms with Gasteiger partial charge in [0.1, 0.15) is 5.82 Å². The normalized spacial score (nSPS) is 10.3. The Morgan fingerprint density at radius 2 is 1.94 bits per heavy atom. The van der Waals surface area contributed by atoms with E-state index in [-0.39, 0.29) is 5.91 Å². The van der Waals surface area contributed by atoms with Crippen LogP contribution in [0.15, 0.2) is 30.5 Å². The number of carbonyl (C=O) groups excluding carboxylic acids is 1. The van der Waals surface area contributed by atoms with E-state index in [2.05, 4.69) is 10.4 Å². The Bertz CT molecular complexity index is 565. The standard InChI is InChI=1S/C12H14N4O/c1-16(2)12(17)10-7-14-11(15-13)9-6-4-3-5-8(9)10/h3-7H,13H2,1-2H3,(H,14,15). The molecule has 2 aromatic rings. The van der Waals surface area contributed by atoms with E-state index in [1.807, 2.05) is 24.3 Å². The van der Waals surface area contributed by atoms with Gasteiger partial charge < -0.3 is 10.3 Å². The highest BCUT2D eigenvalue weighted by Crippen LogP contribution is 2.24. The minimum atomic E-state index is -0.0720.